The van der Waals surface area contributed by atoms with Gasteiger partial charge in [0.05, 0.1) is 0 Å². The summed E-state index contributed by atoms with van der Waals surface area (Å²) >= 11 is 6.10. The van der Waals surface area contributed by atoms with E-state index in [4.69, 9.17) is 16.3 Å². The van der Waals surface area contributed by atoms with Gasteiger partial charge in [0.1, 0.15) is 11.6 Å². The van der Waals surface area contributed by atoms with Gasteiger partial charge in [-0.15, -0.1) is 0 Å². The van der Waals surface area contributed by atoms with Crippen molar-refractivity contribution >= 4 is 23.5 Å². The van der Waals surface area contributed by atoms with Crippen molar-refractivity contribution in [1.82, 2.24) is 9.80 Å². The lowest BCUT2D eigenvalue weighted by Crippen LogP contribution is -2.63. The van der Waals surface area contributed by atoms with Crippen molar-refractivity contribution < 1.29 is 14.3 Å². The number of rotatable bonds is 3. The van der Waals surface area contributed by atoms with Crippen molar-refractivity contribution in [2.24, 2.45) is 0 Å². The summed E-state index contributed by atoms with van der Waals surface area (Å²) in [6.45, 7) is 6.02. The molecule has 158 valence electrons. The summed E-state index contributed by atoms with van der Waals surface area (Å²) < 4.78 is 5.67. The van der Waals surface area contributed by atoms with Crippen molar-refractivity contribution in [2.75, 3.05) is 20.6 Å². The number of benzene rings is 1. The summed E-state index contributed by atoms with van der Waals surface area (Å²) in [5.41, 5.74) is 0.813. The number of Topliss-reactive ketones (excluding diaryl/α,β-unsaturated/α-hetero) is 1. The molecule has 2 fully saturated rings. The fourth-order valence-electron chi connectivity index (χ4n) is 4.38. The molecular formula is C23H31ClN2O3. The molecule has 6 heteroatoms. The maximum Gasteiger partial charge on any atom is 0.410 e. The van der Waals surface area contributed by atoms with Gasteiger partial charge in [-0.05, 0) is 57.7 Å². The topological polar surface area (TPSA) is 49.9 Å². The van der Waals surface area contributed by atoms with E-state index in [0.29, 0.717) is 18.0 Å². The lowest BCUT2D eigenvalue weighted by molar-refractivity contribution is -0.127. The molecule has 1 atom stereocenters. The van der Waals surface area contributed by atoms with Gasteiger partial charge in [-0.1, -0.05) is 30.2 Å². The second-order valence-electron chi connectivity index (χ2n) is 9.33. The van der Waals surface area contributed by atoms with Gasteiger partial charge < -0.3 is 9.64 Å². The molecule has 1 unspecified atom stereocenters. The molecule has 1 saturated carbocycles. The molecular weight excluding hydrogens is 388 g/mol. The standard InChI is InChI=1S/C23H31ClN2O3/c1-22(2,3)29-21(28)26-14-11-16(15-25(4)5)19(27)20(26)23(12-6-13-23)17-7-9-18(24)10-8-17/h7-10,15,20H,6,11-14H2,1-5H3. The zero-order valence-corrected chi connectivity index (χ0v) is 18.8. The lowest BCUT2D eigenvalue weighted by atomic mass is 9.57. The maximum absolute atomic E-state index is 13.7. The van der Waals surface area contributed by atoms with E-state index in [1.165, 1.54) is 0 Å². The van der Waals surface area contributed by atoms with Crippen molar-refractivity contribution in [3.63, 3.8) is 0 Å². The average Bonchev–Trinajstić information content (AvgIpc) is 2.56. The zero-order chi connectivity index (χ0) is 21.4. The van der Waals surface area contributed by atoms with Crippen molar-refractivity contribution in [2.45, 2.75) is 63.5 Å². The molecule has 3 rings (SSSR count). The Bertz CT molecular complexity index is 804. The Labute approximate surface area is 178 Å². The molecule has 2 aliphatic rings. The third-order valence-electron chi connectivity index (χ3n) is 5.73. The first kappa shape index (κ1) is 21.7. The molecule has 1 amide bonds. The third kappa shape index (κ3) is 4.45. The van der Waals surface area contributed by atoms with Gasteiger partial charge in [-0.25, -0.2) is 4.79 Å². The van der Waals surface area contributed by atoms with Crippen LogP contribution in [0.4, 0.5) is 4.79 Å². The highest BCUT2D eigenvalue weighted by Gasteiger charge is 2.54. The number of hydrogen-bond acceptors (Lipinski definition) is 4. The number of halogens is 1. The molecule has 0 spiro atoms. The molecule has 29 heavy (non-hydrogen) atoms. The first-order valence-electron chi connectivity index (χ1n) is 10.2. The Morgan fingerprint density at radius 3 is 2.34 bits per heavy atom. The number of carbonyl (C=O) groups is 2. The SMILES string of the molecule is CN(C)C=C1CCN(C(=O)OC(C)(C)C)C(C2(c3ccc(Cl)cc3)CCC2)C1=O. The maximum atomic E-state index is 13.7. The predicted octanol–water partition coefficient (Wildman–Crippen LogP) is 4.79. The van der Waals surface area contributed by atoms with E-state index in [9.17, 15) is 9.59 Å². The quantitative estimate of drug-likeness (QED) is 0.662. The molecule has 1 aromatic rings. The van der Waals surface area contributed by atoms with Gasteiger partial charge in [-0.2, -0.15) is 0 Å². The molecule has 0 bridgehead atoms. The Kier molecular flexibility index (Phi) is 6.00. The van der Waals surface area contributed by atoms with Crippen LogP contribution in [0.5, 0.6) is 0 Å². The van der Waals surface area contributed by atoms with Crippen LogP contribution in [0.1, 0.15) is 52.0 Å². The van der Waals surface area contributed by atoms with E-state index < -0.39 is 23.2 Å². The van der Waals surface area contributed by atoms with Crippen LogP contribution in [-0.2, 0) is 14.9 Å². The minimum Gasteiger partial charge on any atom is -0.444 e. The number of nitrogens with zero attached hydrogens (tertiary/aromatic N) is 2. The zero-order valence-electron chi connectivity index (χ0n) is 18.0. The van der Waals surface area contributed by atoms with Crippen LogP contribution < -0.4 is 0 Å². The van der Waals surface area contributed by atoms with Crippen LogP contribution in [0.3, 0.4) is 0 Å². The Balaban J connectivity index is 2.04. The Hall–Kier alpha value is -2.01. The number of amides is 1. The molecule has 0 N–H and O–H groups in total. The molecule has 1 heterocycles. The lowest BCUT2D eigenvalue weighted by Gasteiger charge is -2.52. The van der Waals surface area contributed by atoms with Gasteiger partial charge in [0.15, 0.2) is 5.78 Å². The highest BCUT2D eigenvalue weighted by Crippen LogP contribution is 2.50. The highest BCUT2D eigenvalue weighted by molar-refractivity contribution is 6.30. The van der Waals surface area contributed by atoms with E-state index in [1.54, 1.807) is 4.90 Å². The van der Waals surface area contributed by atoms with Crippen LogP contribution in [0, 0.1) is 0 Å². The smallest absolute Gasteiger partial charge is 0.410 e. The first-order valence-corrected chi connectivity index (χ1v) is 10.6. The number of piperidine rings is 1. The fraction of sp³-hybridized carbons (Fsp3) is 0.565. The van der Waals surface area contributed by atoms with E-state index in [2.05, 4.69) is 0 Å². The molecule has 0 aromatic heterocycles. The molecule has 1 aromatic carbocycles. The fourth-order valence-corrected chi connectivity index (χ4v) is 4.50. The number of ether oxygens (including phenoxy) is 1. The van der Waals surface area contributed by atoms with E-state index in [-0.39, 0.29) is 5.78 Å². The van der Waals surface area contributed by atoms with Crippen LogP contribution in [0.2, 0.25) is 5.02 Å². The molecule has 1 aliphatic carbocycles. The van der Waals surface area contributed by atoms with Gasteiger partial charge in [0.2, 0.25) is 0 Å². The Morgan fingerprint density at radius 2 is 1.86 bits per heavy atom. The first-order chi connectivity index (χ1) is 13.5. The van der Waals surface area contributed by atoms with Gasteiger partial charge in [0, 0.05) is 42.9 Å². The summed E-state index contributed by atoms with van der Waals surface area (Å²) in [7, 11) is 3.82. The number of likely N-dealkylation sites (tertiary alicyclic amines) is 1. The number of hydrogen-bond donors (Lipinski definition) is 0. The van der Waals surface area contributed by atoms with Crippen LogP contribution >= 0.6 is 11.6 Å². The van der Waals surface area contributed by atoms with Crippen molar-refractivity contribution in [3.05, 3.63) is 46.6 Å². The highest BCUT2D eigenvalue weighted by atomic mass is 35.5. The molecule has 1 aliphatic heterocycles. The number of ketones is 1. The minimum absolute atomic E-state index is 0.0189. The van der Waals surface area contributed by atoms with Crippen LogP contribution in [0.25, 0.3) is 0 Å². The third-order valence-corrected chi connectivity index (χ3v) is 5.98. The summed E-state index contributed by atoms with van der Waals surface area (Å²) in [5, 5.41) is 0.662. The molecule has 1 saturated heterocycles. The summed E-state index contributed by atoms with van der Waals surface area (Å²) in [4.78, 5) is 30.3. The molecule has 0 radical (unpaired) electrons. The minimum atomic E-state index is -0.614. The van der Waals surface area contributed by atoms with Crippen molar-refractivity contribution in [1.29, 1.82) is 0 Å². The molecule has 5 nitrogen and oxygen atoms in total. The van der Waals surface area contributed by atoms with E-state index in [0.717, 1.165) is 30.4 Å². The van der Waals surface area contributed by atoms with Gasteiger partial charge >= 0.3 is 6.09 Å². The second-order valence-corrected chi connectivity index (χ2v) is 9.76. The average molecular weight is 419 g/mol. The van der Waals surface area contributed by atoms with Gasteiger partial charge in [-0.3, -0.25) is 9.69 Å². The van der Waals surface area contributed by atoms with Gasteiger partial charge in [0.25, 0.3) is 0 Å². The summed E-state index contributed by atoms with van der Waals surface area (Å²) in [6, 6.07) is 7.14. The second kappa shape index (κ2) is 8.02. The summed E-state index contributed by atoms with van der Waals surface area (Å²) in [6.07, 6.45) is 4.75. The summed E-state index contributed by atoms with van der Waals surface area (Å²) in [5.74, 6) is 0.0189. The Morgan fingerprint density at radius 1 is 1.24 bits per heavy atom. The normalized spacial score (nSPS) is 23.0. The van der Waals surface area contributed by atoms with Crippen molar-refractivity contribution in [3.8, 4) is 0 Å². The van der Waals surface area contributed by atoms with E-state index >= 15 is 0 Å². The monoisotopic (exact) mass is 418 g/mol. The largest absolute Gasteiger partial charge is 0.444 e. The van der Waals surface area contributed by atoms with E-state index in [1.807, 2.05) is 70.2 Å². The van der Waals surface area contributed by atoms with Crippen LogP contribution in [-0.4, -0.2) is 54.0 Å². The number of carbonyl (C=O) groups excluding carboxylic acids is 2. The predicted molar refractivity (Wildman–Crippen MR) is 115 cm³/mol. The van der Waals surface area contributed by atoms with Crippen LogP contribution in [0.15, 0.2) is 36.0 Å².